The molecule has 0 bridgehead atoms. The molecule has 0 aromatic heterocycles. The second-order valence-electron chi connectivity index (χ2n) is 5.24. The molecule has 1 heterocycles. The maximum atomic E-state index is 12.3. The van der Waals surface area contributed by atoms with Crippen LogP contribution < -0.4 is 5.32 Å². The largest absolute Gasteiger partial charge is 0.313 e. The van der Waals surface area contributed by atoms with Gasteiger partial charge in [-0.05, 0) is 26.2 Å². The number of sulfonamides is 1. The van der Waals surface area contributed by atoms with Gasteiger partial charge in [-0.3, -0.25) is 0 Å². The smallest absolute Gasteiger partial charge is 0.215 e. The second-order valence-corrected chi connectivity index (χ2v) is 7.24. The van der Waals surface area contributed by atoms with E-state index in [1.54, 1.807) is 4.31 Å². The molecule has 1 N–H and O–H groups in total. The van der Waals surface area contributed by atoms with E-state index in [4.69, 9.17) is 0 Å². The number of rotatable bonds is 6. The summed E-state index contributed by atoms with van der Waals surface area (Å²) in [6, 6.07) is 0.723. The van der Waals surface area contributed by atoms with Crippen molar-refractivity contribution < 1.29 is 8.42 Å². The van der Waals surface area contributed by atoms with E-state index in [0.29, 0.717) is 12.6 Å². The molecule has 1 aliphatic rings. The summed E-state index contributed by atoms with van der Waals surface area (Å²) < 4.78 is 26.3. The Morgan fingerprint density at radius 2 is 2.00 bits per heavy atom. The van der Waals surface area contributed by atoms with Crippen molar-refractivity contribution in [2.75, 3.05) is 12.3 Å². The highest BCUT2D eigenvalue weighted by Gasteiger charge is 2.37. The highest BCUT2D eigenvalue weighted by atomic mass is 32.2. The van der Waals surface area contributed by atoms with Crippen molar-refractivity contribution in [3.63, 3.8) is 0 Å². The molecule has 2 unspecified atom stereocenters. The predicted octanol–water partition coefficient (Wildman–Crippen LogP) is 1.58. The summed E-state index contributed by atoms with van der Waals surface area (Å²) in [7, 11) is -3.10. The van der Waals surface area contributed by atoms with Crippen LogP contribution in [0.2, 0.25) is 0 Å². The molecule has 0 amide bonds. The van der Waals surface area contributed by atoms with Crippen molar-refractivity contribution in [2.24, 2.45) is 0 Å². The van der Waals surface area contributed by atoms with Crippen LogP contribution in [0, 0.1) is 0 Å². The molecule has 2 atom stereocenters. The molecular formula is C12H26N2O2S. The molecule has 0 aliphatic carbocycles. The van der Waals surface area contributed by atoms with E-state index in [9.17, 15) is 8.42 Å². The Hall–Kier alpha value is -0.130. The highest BCUT2D eigenvalue weighted by Crippen LogP contribution is 2.29. The molecule has 1 saturated heterocycles. The maximum absolute atomic E-state index is 12.3. The minimum absolute atomic E-state index is 0.170. The zero-order valence-electron chi connectivity index (χ0n) is 11.4. The molecule has 5 heteroatoms. The third-order valence-electron chi connectivity index (χ3n) is 3.42. The minimum Gasteiger partial charge on any atom is -0.313 e. The molecule has 0 aromatic rings. The van der Waals surface area contributed by atoms with Crippen LogP contribution in [-0.2, 0) is 10.0 Å². The molecule has 17 heavy (non-hydrogen) atoms. The van der Waals surface area contributed by atoms with Gasteiger partial charge < -0.3 is 5.32 Å². The molecule has 4 nitrogen and oxygen atoms in total. The first-order valence-electron chi connectivity index (χ1n) is 6.63. The molecule has 0 spiro atoms. The average molecular weight is 262 g/mol. The maximum Gasteiger partial charge on any atom is 0.215 e. The standard InChI is InChI=1S/C12H26N2O2S/c1-5-12-7-6-11(4)14(12)17(15,16)9-8-13-10(2)3/h10-13H,5-9H2,1-4H3. The van der Waals surface area contributed by atoms with Crippen LogP contribution >= 0.6 is 0 Å². The first kappa shape index (κ1) is 14.9. The van der Waals surface area contributed by atoms with Gasteiger partial charge in [-0.25, -0.2) is 8.42 Å². The van der Waals surface area contributed by atoms with Gasteiger partial charge in [0.1, 0.15) is 0 Å². The van der Waals surface area contributed by atoms with Crippen LogP contribution in [-0.4, -0.2) is 43.1 Å². The average Bonchev–Trinajstić information content (AvgIpc) is 2.59. The lowest BCUT2D eigenvalue weighted by atomic mass is 10.2. The Labute approximate surface area is 106 Å². The monoisotopic (exact) mass is 262 g/mol. The fraction of sp³-hybridized carbons (Fsp3) is 1.00. The molecule has 1 fully saturated rings. The minimum atomic E-state index is -3.10. The van der Waals surface area contributed by atoms with Crippen LogP contribution in [0.5, 0.6) is 0 Å². The Balaban J connectivity index is 2.62. The number of hydrogen-bond acceptors (Lipinski definition) is 3. The van der Waals surface area contributed by atoms with Crippen molar-refractivity contribution in [3.8, 4) is 0 Å². The van der Waals surface area contributed by atoms with E-state index in [0.717, 1.165) is 19.3 Å². The predicted molar refractivity (Wildman–Crippen MR) is 71.5 cm³/mol. The third kappa shape index (κ3) is 3.93. The summed E-state index contributed by atoms with van der Waals surface area (Å²) in [5.41, 5.74) is 0. The van der Waals surface area contributed by atoms with Gasteiger partial charge in [0.15, 0.2) is 0 Å². The molecular weight excluding hydrogens is 236 g/mol. The highest BCUT2D eigenvalue weighted by molar-refractivity contribution is 7.89. The van der Waals surface area contributed by atoms with Crippen molar-refractivity contribution in [1.82, 2.24) is 9.62 Å². The second kappa shape index (κ2) is 6.16. The molecule has 1 aliphatic heterocycles. The Bertz CT molecular complexity index is 327. The lowest BCUT2D eigenvalue weighted by Gasteiger charge is -2.27. The fourth-order valence-corrected chi connectivity index (χ4v) is 4.46. The van der Waals surface area contributed by atoms with Gasteiger partial charge in [-0.15, -0.1) is 0 Å². The van der Waals surface area contributed by atoms with Crippen LogP contribution in [0.3, 0.4) is 0 Å². The summed E-state index contributed by atoms with van der Waals surface area (Å²) in [6.07, 6.45) is 2.92. The van der Waals surface area contributed by atoms with Gasteiger partial charge >= 0.3 is 0 Å². The lowest BCUT2D eigenvalue weighted by Crippen LogP contribution is -2.43. The first-order chi connectivity index (χ1) is 7.88. The zero-order chi connectivity index (χ0) is 13.1. The Morgan fingerprint density at radius 3 is 2.53 bits per heavy atom. The van der Waals surface area contributed by atoms with Crippen molar-refractivity contribution in [1.29, 1.82) is 0 Å². The Morgan fingerprint density at radius 1 is 1.35 bits per heavy atom. The molecule has 0 saturated carbocycles. The topological polar surface area (TPSA) is 49.4 Å². The van der Waals surface area contributed by atoms with Gasteiger partial charge in [0.2, 0.25) is 10.0 Å². The van der Waals surface area contributed by atoms with Crippen LogP contribution in [0.25, 0.3) is 0 Å². The van der Waals surface area contributed by atoms with Crippen LogP contribution in [0.1, 0.15) is 47.0 Å². The lowest BCUT2D eigenvalue weighted by molar-refractivity contribution is 0.328. The van der Waals surface area contributed by atoms with E-state index in [1.807, 2.05) is 20.8 Å². The van der Waals surface area contributed by atoms with Gasteiger partial charge in [-0.1, -0.05) is 20.8 Å². The van der Waals surface area contributed by atoms with Gasteiger partial charge in [0.05, 0.1) is 5.75 Å². The summed E-state index contributed by atoms with van der Waals surface area (Å²) in [6.45, 7) is 8.68. The zero-order valence-corrected chi connectivity index (χ0v) is 12.3. The quantitative estimate of drug-likeness (QED) is 0.790. The number of nitrogens with one attached hydrogen (secondary N) is 1. The van der Waals surface area contributed by atoms with Gasteiger partial charge in [-0.2, -0.15) is 4.31 Å². The summed E-state index contributed by atoms with van der Waals surface area (Å²) in [4.78, 5) is 0. The van der Waals surface area contributed by atoms with E-state index in [-0.39, 0.29) is 17.8 Å². The van der Waals surface area contributed by atoms with Gasteiger partial charge in [0.25, 0.3) is 0 Å². The molecule has 0 aromatic carbocycles. The number of nitrogens with zero attached hydrogens (tertiary/aromatic N) is 1. The number of hydrogen-bond donors (Lipinski definition) is 1. The summed E-state index contributed by atoms with van der Waals surface area (Å²) in [5, 5.41) is 3.17. The molecule has 1 rings (SSSR count). The molecule has 102 valence electrons. The van der Waals surface area contributed by atoms with Crippen molar-refractivity contribution in [2.45, 2.75) is 65.1 Å². The SMILES string of the molecule is CCC1CCC(C)N1S(=O)(=O)CCNC(C)C. The van der Waals surface area contributed by atoms with E-state index < -0.39 is 10.0 Å². The van der Waals surface area contributed by atoms with Crippen LogP contribution in [0.4, 0.5) is 0 Å². The third-order valence-corrected chi connectivity index (χ3v) is 5.44. The van der Waals surface area contributed by atoms with E-state index >= 15 is 0 Å². The summed E-state index contributed by atoms with van der Waals surface area (Å²) in [5.74, 6) is 0.214. The van der Waals surface area contributed by atoms with Crippen molar-refractivity contribution in [3.05, 3.63) is 0 Å². The van der Waals surface area contributed by atoms with Gasteiger partial charge in [0, 0.05) is 24.7 Å². The first-order valence-corrected chi connectivity index (χ1v) is 8.24. The van der Waals surface area contributed by atoms with E-state index in [1.165, 1.54) is 0 Å². The van der Waals surface area contributed by atoms with E-state index in [2.05, 4.69) is 12.2 Å². The normalized spacial score (nSPS) is 26.9. The van der Waals surface area contributed by atoms with Crippen molar-refractivity contribution >= 4 is 10.0 Å². The Kier molecular flexibility index (Phi) is 5.41. The molecule has 0 radical (unpaired) electrons. The fourth-order valence-electron chi connectivity index (χ4n) is 2.52. The summed E-state index contributed by atoms with van der Waals surface area (Å²) >= 11 is 0. The van der Waals surface area contributed by atoms with Crippen LogP contribution in [0.15, 0.2) is 0 Å².